The Bertz CT molecular complexity index is 909. The van der Waals surface area contributed by atoms with Crippen LogP contribution in [0.15, 0.2) is 39.6 Å². The normalized spacial score (nSPS) is 13.1. The number of sulfonamides is 1. The molecule has 0 saturated heterocycles. The Morgan fingerprint density at radius 2 is 1.87 bits per heavy atom. The fourth-order valence-corrected chi connectivity index (χ4v) is 4.67. The lowest BCUT2D eigenvalue weighted by Gasteiger charge is -2.17. The molecule has 23 heavy (non-hydrogen) atoms. The van der Waals surface area contributed by atoms with Crippen molar-refractivity contribution in [2.24, 2.45) is 4.40 Å². The van der Waals surface area contributed by atoms with Gasteiger partial charge in [0, 0.05) is 10.6 Å². The first-order valence-electron chi connectivity index (χ1n) is 7.10. The summed E-state index contributed by atoms with van der Waals surface area (Å²) in [5.74, 6) is 0. The topological polar surface area (TPSA) is 75.2 Å². The quantitative estimate of drug-likeness (QED) is 0.855. The summed E-state index contributed by atoms with van der Waals surface area (Å²) in [4.78, 5) is 1.50. The van der Waals surface area contributed by atoms with Gasteiger partial charge in [-0.15, -0.1) is 15.7 Å². The molecular formula is C16H19N3O2S2. The van der Waals surface area contributed by atoms with Gasteiger partial charge in [-0.2, -0.15) is 13.7 Å². The highest BCUT2D eigenvalue weighted by atomic mass is 32.2. The minimum atomic E-state index is -3.80. The summed E-state index contributed by atoms with van der Waals surface area (Å²) in [5.41, 5.74) is 0.738. The van der Waals surface area contributed by atoms with Crippen LogP contribution >= 0.6 is 11.3 Å². The summed E-state index contributed by atoms with van der Waals surface area (Å²) in [6.07, 6.45) is 0. The first-order chi connectivity index (χ1) is 10.7. The van der Waals surface area contributed by atoms with E-state index in [0.29, 0.717) is 4.80 Å². The minimum Gasteiger partial charge on any atom is -0.306 e. The van der Waals surface area contributed by atoms with Crippen LogP contribution in [-0.2, 0) is 22.0 Å². The summed E-state index contributed by atoms with van der Waals surface area (Å²) in [6, 6.07) is 10.2. The molecule has 122 valence electrons. The zero-order valence-corrected chi connectivity index (χ0v) is 15.2. The van der Waals surface area contributed by atoms with Gasteiger partial charge < -0.3 is 4.57 Å². The van der Waals surface area contributed by atoms with Crippen LogP contribution in [0.25, 0.3) is 0 Å². The van der Waals surface area contributed by atoms with Gasteiger partial charge >= 0.3 is 0 Å². The number of nitrogens with zero attached hydrogens (tertiary/aromatic N) is 3. The molecule has 1 heterocycles. The maximum absolute atomic E-state index is 12.5. The van der Waals surface area contributed by atoms with E-state index < -0.39 is 10.0 Å². The third kappa shape index (κ3) is 3.71. The molecule has 2 aromatic rings. The van der Waals surface area contributed by atoms with Gasteiger partial charge in [0.2, 0.25) is 4.80 Å². The van der Waals surface area contributed by atoms with E-state index in [9.17, 15) is 8.42 Å². The Hall–Kier alpha value is -1.91. The zero-order valence-electron chi connectivity index (χ0n) is 13.6. The molecular weight excluding hydrogens is 330 g/mol. The predicted molar refractivity (Wildman–Crippen MR) is 90.5 cm³/mol. The van der Waals surface area contributed by atoms with Crippen LogP contribution in [0.3, 0.4) is 0 Å². The highest BCUT2D eigenvalue weighted by molar-refractivity contribution is 7.90. The van der Waals surface area contributed by atoms with Crippen molar-refractivity contribution in [3.63, 3.8) is 0 Å². The lowest BCUT2D eigenvalue weighted by Crippen LogP contribution is -2.18. The molecule has 0 unspecified atom stereocenters. The number of aromatic nitrogens is 1. The molecule has 1 aromatic carbocycles. The van der Waals surface area contributed by atoms with E-state index in [1.165, 1.54) is 23.5 Å². The monoisotopic (exact) mass is 349 g/mol. The van der Waals surface area contributed by atoms with E-state index in [2.05, 4.69) is 31.2 Å². The van der Waals surface area contributed by atoms with E-state index in [1.54, 1.807) is 22.8 Å². The molecule has 0 atom stereocenters. The minimum absolute atomic E-state index is 0.0710. The fraction of sp³-hybridized carbons (Fsp3) is 0.375. The van der Waals surface area contributed by atoms with Crippen molar-refractivity contribution < 1.29 is 8.42 Å². The molecule has 0 spiro atoms. The van der Waals surface area contributed by atoms with Gasteiger partial charge in [0.1, 0.15) is 6.54 Å². The number of thiazole rings is 1. The number of rotatable bonds is 3. The van der Waals surface area contributed by atoms with Crippen LogP contribution in [0.2, 0.25) is 0 Å². The highest BCUT2D eigenvalue weighted by Gasteiger charge is 2.23. The predicted octanol–water partition coefficient (Wildman–Crippen LogP) is 2.97. The van der Waals surface area contributed by atoms with E-state index in [1.807, 2.05) is 6.92 Å². The molecule has 0 radical (unpaired) electrons. The van der Waals surface area contributed by atoms with Crippen molar-refractivity contribution in [1.82, 2.24) is 4.57 Å². The molecule has 0 amide bonds. The second-order valence-corrected chi connectivity index (χ2v) is 8.75. The summed E-state index contributed by atoms with van der Waals surface area (Å²) >= 11 is 1.32. The van der Waals surface area contributed by atoms with Crippen molar-refractivity contribution in [2.75, 3.05) is 0 Å². The molecule has 2 rings (SSSR count). The Balaban J connectivity index is 2.70. The van der Waals surface area contributed by atoms with Gasteiger partial charge in [-0.25, -0.2) is 0 Å². The molecule has 0 N–H and O–H groups in total. The molecule has 0 aliphatic carbocycles. The molecule has 7 heteroatoms. The summed E-state index contributed by atoms with van der Waals surface area (Å²) in [7, 11) is -3.80. The lowest BCUT2D eigenvalue weighted by molar-refractivity contribution is 0.589. The Morgan fingerprint density at radius 1 is 1.26 bits per heavy atom. The first-order valence-corrected chi connectivity index (χ1v) is 9.36. The van der Waals surface area contributed by atoms with Gasteiger partial charge in [-0.05, 0) is 24.5 Å². The zero-order chi connectivity index (χ0) is 17.3. The number of hydrogen-bond acceptors (Lipinski definition) is 4. The summed E-state index contributed by atoms with van der Waals surface area (Å²) in [6.45, 7) is 8.12. The van der Waals surface area contributed by atoms with Crippen molar-refractivity contribution in [2.45, 2.75) is 44.6 Å². The van der Waals surface area contributed by atoms with E-state index in [4.69, 9.17) is 5.26 Å². The molecule has 0 fully saturated rings. The molecule has 0 aliphatic heterocycles. The Kier molecular flexibility index (Phi) is 4.78. The lowest BCUT2D eigenvalue weighted by atomic mass is 9.93. The van der Waals surface area contributed by atoms with E-state index in [-0.39, 0.29) is 16.9 Å². The van der Waals surface area contributed by atoms with Crippen molar-refractivity contribution in [3.05, 3.63) is 45.7 Å². The molecule has 0 aliphatic rings. The van der Waals surface area contributed by atoms with E-state index >= 15 is 0 Å². The van der Waals surface area contributed by atoms with Gasteiger partial charge in [0.25, 0.3) is 10.0 Å². The third-order valence-corrected chi connectivity index (χ3v) is 6.31. The van der Waals surface area contributed by atoms with Crippen LogP contribution in [0.4, 0.5) is 0 Å². The van der Waals surface area contributed by atoms with Crippen LogP contribution < -0.4 is 4.80 Å². The first kappa shape index (κ1) is 17.4. The SMILES string of the molecule is Cc1c(C(C)(C)C)sc(=NS(=O)(=O)c2ccccc2)n1CC#N. The molecule has 0 saturated carbocycles. The standard InChI is InChI=1S/C16H19N3O2S2/c1-12-14(16(2,3)4)22-15(19(12)11-10-17)18-23(20,21)13-8-6-5-7-9-13/h5-9H,11H2,1-4H3. The highest BCUT2D eigenvalue weighted by Crippen LogP contribution is 2.28. The molecule has 0 bridgehead atoms. The third-order valence-electron chi connectivity index (χ3n) is 3.31. The van der Waals surface area contributed by atoms with Crippen molar-refractivity contribution >= 4 is 21.4 Å². The molecule has 5 nitrogen and oxygen atoms in total. The Labute approximate surface area is 140 Å². The van der Waals surface area contributed by atoms with Crippen molar-refractivity contribution in [3.8, 4) is 6.07 Å². The van der Waals surface area contributed by atoms with Gasteiger partial charge in [-0.3, -0.25) is 0 Å². The number of nitriles is 1. The van der Waals surface area contributed by atoms with Gasteiger partial charge in [-0.1, -0.05) is 39.0 Å². The number of benzene rings is 1. The van der Waals surface area contributed by atoms with Crippen LogP contribution in [0.1, 0.15) is 31.3 Å². The Morgan fingerprint density at radius 3 is 2.39 bits per heavy atom. The fourth-order valence-electron chi connectivity index (χ4n) is 2.25. The number of hydrogen-bond donors (Lipinski definition) is 0. The summed E-state index contributed by atoms with van der Waals surface area (Å²) < 4.78 is 30.6. The maximum Gasteiger partial charge on any atom is 0.285 e. The van der Waals surface area contributed by atoms with Crippen LogP contribution in [0, 0.1) is 18.3 Å². The average molecular weight is 349 g/mol. The summed E-state index contributed by atoms with van der Waals surface area (Å²) in [5, 5.41) is 9.04. The second kappa shape index (κ2) is 6.30. The van der Waals surface area contributed by atoms with Gasteiger partial charge in [0.05, 0.1) is 11.0 Å². The van der Waals surface area contributed by atoms with E-state index in [0.717, 1.165) is 10.6 Å². The maximum atomic E-state index is 12.5. The second-order valence-electron chi connectivity index (χ2n) is 6.17. The molecule has 1 aromatic heterocycles. The van der Waals surface area contributed by atoms with Crippen LogP contribution in [0.5, 0.6) is 0 Å². The van der Waals surface area contributed by atoms with Crippen molar-refractivity contribution in [1.29, 1.82) is 5.26 Å². The smallest absolute Gasteiger partial charge is 0.285 e. The largest absolute Gasteiger partial charge is 0.306 e. The average Bonchev–Trinajstić information content (AvgIpc) is 2.77. The van der Waals surface area contributed by atoms with Gasteiger partial charge in [0.15, 0.2) is 0 Å². The van der Waals surface area contributed by atoms with Crippen LogP contribution in [-0.4, -0.2) is 13.0 Å².